The maximum absolute atomic E-state index is 12.5. The second-order valence-electron chi connectivity index (χ2n) is 5.26. The molecule has 0 aliphatic carbocycles. The number of nitrogens with one attached hydrogen (secondary N) is 1. The molecule has 0 aromatic heterocycles. The molecule has 1 unspecified atom stereocenters. The largest absolute Gasteiger partial charge is 0.374 e. The van der Waals surface area contributed by atoms with Crippen LogP contribution in [0.15, 0.2) is 59.5 Å². The molecular formula is C16H18N2O2S. The third-order valence-corrected chi connectivity index (χ3v) is 5.32. The zero-order valence-corrected chi connectivity index (χ0v) is 12.7. The van der Waals surface area contributed by atoms with Crippen molar-refractivity contribution in [1.29, 1.82) is 0 Å². The zero-order valence-electron chi connectivity index (χ0n) is 11.9. The smallest absolute Gasteiger partial charge is 0.241 e. The lowest BCUT2D eigenvalue weighted by molar-refractivity contribution is 0.529. The van der Waals surface area contributed by atoms with Gasteiger partial charge in [-0.15, -0.1) is 0 Å². The Kier molecular flexibility index (Phi) is 3.69. The van der Waals surface area contributed by atoms with E-state index < -0.39 is 10.0 Å². The van der Waals surface area contributed by atoms with Crippen molar-refractivity contribution in [3.05, 3.63) is 60.2 Å². The topological polar surface area (TPSA) is 49.4 Å². The molecule has 0 spiro atoms. The van der Waals surface area contributed by atoms with Gasteiger partial charge in [-0.05, 0) is 30.2 Å². The Hall–Kier alpha value is -1.85. The molecule has 0 bridgehead atoms. The lowest BCUT2D eigenvalue weighted by atomic mass is 9.98. The summed E-state index contributed by atoms with van der Waals surface area (Å²) >= 11 is 0. The summed E-state index contributed by atoms with van der Waals surface area (Å²) in [6.07, 6.45) is 0.763. The van der Waals surface area contributed by atoms with Gasteiger partial charge < -0.3 is 4.90 Å². The summed E-state index contributed by atoms with van der Waals surface area (Å²) in [5.41, 5.74) is 2.12. The van der Waals surface area contributed by atoms with E-state index in [-0.39, 0.29) is 6.04 Å². The summed E-state index contributed by atoms with van der Waals surface area (Å²) in [6.45, 7) is 0.832. The molecule has 0 fully saturated rings. The first kappa shape index (κ1) is 14.1. The molecule has 21 heavy (non-hydrogen) atoms. The van der Waals surface area contributed by atoms with Gasteiger partial charge in [0.2, 0.25) is 10.0 Å². The first-order chi connectivity index (χ1) is 10.1. The van der Waals surface area contributed by atoms with E-state index in [0.29, 0.717) is 4.90 Å². The average molecular weight is 302 g/mol. The van der Waals surface area contributed by atoms with Crippen LogP contribution in [-0.2, 0) is 10.0 Å². The van der Waals surface area contributed by atoms with Gasteiger partial charge in [-0.1, -0.05) is 36.4 Å². The third kappa shape index (κ3) is 2.80. The molecule has 1 N–H and O–H groups in total. The second kappa shape index (κ2) is 5.50. The van der Waals surface area contributed by atoms with E-state index in [9.17, 15) is 8.42 Å². The van der Waals surface area contributed by atoms with Crippen molar-refractivity contribution in [3.8, 4) is 0 Å². The van der Waals surface area contributed by atoms with Crippen molar-refractivity contribution in [2.75, 3.05) is 18.5 Å². The van der Waals surface area contributed by atoms with Crippen molar-refractivity contribution in [1.82, 2.24) is 4.72 Å². The molecule has 2 aromatic carbocycles. The monoisotopic (exact) mass is 302 g/mol. The predicted molar refractivity (Wildman–Crippen MR) is 83.8 cm³/mol. The number of rotatable bonds is 3. The second-order valence-corrected chi connectivity index (χ2v) is 6.97. The molecule has 0 amide bonds. The molecule has 4 nitrogen and oxygen atoms in total. The van der Waals surface area contributed by atoms with Gasteiger partial charge in [-0.25, -0.2) is 13.1 Å². The quantitative estimate of drug-likeness (QED) is 0.948. The Bertz CT molecular complexity index is 729. The van der Waals surface area contributed by atoms with Crippen LogP contribution in [0, 0.1) is 0 Å². The van der Waals surface area contributed by atoms with Crippen LogP contribution in [-0.4, -0.2) is 22.0 Å². The van der Waals surface area contributed by atoms with Gasteiger partial charge in [0.25, 0.3) is 0 Å². The van der Waals surface area contributed by atoms with E-state index in [1.165, 1.54) is 0 Å². The summed E-state index contributed by atoms with van der Waals surface area (Å²) in [5, 5.41) is 0. The van der Waals surface area contributed by atoms with E-state index in [1.54, 1.807) is 24.3 Å². The van der Waals surface area contributed by atoms with Gasteiger partial charge in [-0.3, -0.25) is 0 Å². The molecule has 0 radical (unpaired) electrons. The van der Waals surface area contributed by atoms with Gasteiger partial charge in [0.15, 0.2) is 0 Å². The number of hydrogen-bond donors (Lipinski definition) is 1. The summed E-state index contributed by atoms with van der Waals surface area (Å²) in [7, 11) is -1.46. The van der Waals surface area contributed by atoms with Crippen molar-refractivity contribution in [3.63, 3.8) is 0 Å². The Balaban J connectivity index is 1.91. The maximum Gasteiger partial charge on any atom is 0.241 e. The number of benzene rings is 2. The van der Waals surface area contributed by atoms with Crippen LogP contribution >= 0.6 is 0 Å². The van der Waals surface area contributed by atoms with Crippen LogP contribution in [0.3, 0.4) is 0 Å². The number of fused-ring (bicyclic) bond motifs is 1. The fraction of sp³-hybridized carbons (Fsp3) is 0.250. The first-order valence-corrected chi connectivity index (χ1v) is 8.44. The van der Waals surface area contributed by atoms with Gasteiger partial charge in [-0.2, -0.15) is 0 Å². The van der Waals surface area contributed by atoms with Crippen LogP contribution in [0.5, 0.6) is 0 Å². The molecule has 2 aromatic rings. The highest BCUT2D eigenvalue weighted by Gasteiger charge is 2.27. The highest BCUT2D eigenvalue weighted by Crippen LogP contribution is 2.33. The van der Waals surface area contributed by atoms with Crippen LogP contribution < -0.4 is 9.62 Å². The van der Waals surface area contributed by atoms with E-state index in [4.69, 9.17) is 0 Å². The Morgan fingerprint density at radius 1 is 1.05 bits per heavy atom. The van der Waals surface area contributed by atoms with Crippen molar-refractivity contribution in [2.45, 2.75) is 17.4 Å². The maximum atomic E-state index is 12.5. The Morgan fingerprint density at radius 2 is 1.71 bits per heavy atom. The lowest BCUT2D eigenvalue weighted by Crippen LogP contribution is -2.36. The Labute approximate surface area is 125 Å². The number of hydrogen-bond acceptors (Lipinski definition) is 3. The predicted octanol–water partition coefficient (Wildman–Crippen LogP) is 2.55. The molecular weight excluding hydrogens is 284 g/mol. The molecule has 3 rings (SSSR count). The minimum absolute atomic E-state index is 0.178. The van der Waals surface area contributed by atoms with Gasteiger partial charge in [0.1, 0.15) is 0 Å². The third-order valence-electron chi connectivity index (χ3n) is 3.83. The number of para-hydroxylation sites is 1. The fourth-order valence-electron chi connectivity index (χ4n) is 2.71. The summed E-state index contributed by atoms with van der Waals surface area (Å²) in [6, 6.07) is 16.3. The summed E-state index contributed by atoms with van der Waals surface area (Å²) < 4.78 is 27.8. The standard InChI is InChI=1S/C16H18N2O2S/c1-18-12-11-15(14-9-5-6-10-16(14)18)17-21(19,20)13-7-3-2-4-8-13/h2-10,15,17H,11-12H2,1H3. The zero-order chi connectivity index (χ0) is 14.9. The molecule has 5 heteroatoms. The van der Waals surface area contributed by atoms with Crippen LogP contribution in [0.2, 0.25) is 0 Å². The molecule has 110 valence electrons. The van der Waals surface area contributed by atoms with Crippen molar-refractivity contribution < 1.29 is 8.42 Å². The van der Waals surface area contributed by atoms with E-state index >= 15 is 0 Å². The van der Waals surface area contributed by atoms with E-state index in [1.807, 2.05) is 37.4 Å². The fourth-order valence-corrected chi connectivity index (χ4v) is 3.98. The number of nitrogens with zero attached hydrogens (tertiary/aromatic N) is 1. The van der Waals surface area contributed by atoms with Crippen LogP contribution in [0.25, 0.3) is 0 Å². The van der Waals surface area contributed by atoms with E-state index in [0.717, 1.165) is 24.2 Å². The highest BCUT2D eigenvalue weighted by molar-refractivity contribution is 7.89. The average Bonchev–Trinajstić information content (AvgIpc) is 2.51. The van der Waals surface area contributed by atoms with Crippen molar-refractivity contribution in [2.24, 2.45) is 0 Å². The molecule has 1 aliphatic rings. The molecule has 1 aliphatic heterocycles. The van der Waals surface area contributed by atoms with Crippen molar-refractivity contribution >= 4 is 15.7 Å². The summed E-state index contributed by atoms with van der Waals surface area (Å²) in [4.78, 5) is 2.46. The van der Waals surface area contributed by atoms with Gasteiger partial charge >= 0.3 is 0 Å². The van der Waals surface area contributed by atoms with Crippen LogP contribution in [0.1, 0.15) is 18.0 Å². The van der Waals surface area contributed by atoms with Gasteiger partial charge in [0.05, 0.1) is 10.9 Å². The molecule has 0 saturated carbocycles. The molecule has 1 atom stereocenters. The summed E-state index contributed by atoms with van der Waals surface area (Å²) in [5.74, 6) is 0. The minimum Gasteiger partial charge on any atom is -0.374 e. The van der Waals surface area contributed by atoms with E-state index in [2.05, 4.69) is 9.62 Å². The van der Waals surface area contributed by atoms with Crippen LogP contribution in [0.4, 0.5) is 5.69 Å². The van der Waals surface area contributed by atoms with Gasteiger partial charge in [0, 0.05) is 19.3 Å². The molecule has 1 heterocycles. The minimum atomic E-state index is -3.49. The molecule has 0 saturated heterocycles. The normalized spacial score (nSPS) is 18.3. The number of anilines is 1. The first-order valence-electron chi connectivity index (χ1n) is 6.95. The lowest BCUT2D eigenvalue weighted by Gasteiger charge is -2.33. The SMILES string of the molecule is CN1CCC(NS(=O)(=O)c2ccccc2)c2ccccc21. The highest BCUT2D eigenvalue weighted by atomic mass is 32.2. The number of sulfonamides is 1. The Morgan fingerprint density at radius 3 is 2.48 bits per heavy atom.